The summed E-state index contributed by atoms with van der Waals surface area (Å²) in [4.78, 5) is 31.3. The van der Waals surface area contributed by atoms with E-state index in [-0.39, 0.29) is 5.76 Å². The molecule has 9 nitrogen and oxygen atoms in total. The number of furan rings is 1. The number of carbonyl (C=O) groups excluding carboxylic acids is 1. The Labute approximate surface area is 165 Å². The molecule has 0 unspecified atom stereocenters. The third kappa shape index (κ3) is 3.82. The topological polar surface area (TPSA) is 102 Å². The van der Waals surface area contributed by atoms with E-state index in [9.17, 15) is 14.9 Å². The Bertz CT molecular complexity index is 1030. The maximum Gasteiger partial charge on any atom is 0.433 e. The zero-order chi connectivity index (χ0) is 20.4. The van der Waals surface area contributed by atoms with Crippen LogP contribution in [0.15, 0.2) is 28.7 Å². The minimum absolute atomic E-state index is 0.103. The summed E-state index contributed by atoms with van der Waals surface area (Å²) in [6, 6.07) is 6.25. The minimum atomic E-state index is -0.674. The van der Waals surface area contributed by atoms with E-state index in [1.165, 1.54) is 28.4 Å². The highest BCUT2D eigenvalue weighted by Crippen LogP contribution is 2.37. The lowest BCUT2D eigenvalue weighted by molar-refractivity contribution is -0.402. The molecule has 28 heavy (non-hydrogen) atoms. The number of nitro groups is 1. The van der Waals surface area contributed by atoms with Gasteiger partial charge in [0.15, 0.2) is 10.9 Å². The van der Waals surface area contributed by atoms with Crippen molar-refractivity contribution in [2.45, 2.75) is 6.92 Å². The van der Waals surface area contributed by atoms with Crippen LogP contribution in [0.2, 0.25) is 0 Å². The van der Waals surface area contributed by atoms with Crippen molar-refractivity contribution in [1.82, 2.24) is 9.88 Å². The Morgan fingerprint density at radius 2 is 2.04 bits per heavy atom. The number of hydrogen-bond donors (Lipinski definition) is 0. The Hall–Kier alpha value is -2.98. The monoisotopic (exact) mass is 404 g/mol. The smallest absolute Gasteiger partial charge is 0.433 e. The molecule has 3 rings (SSSR count). The highest BCUT2D eigenvalue weighted by molar-refractivity contribution is 7.22. The third-order valence-electron chi connectivity index (χ3n) is 4.14. The molecule has 0 aliphatic heterocycles. The third-order valence-corrected chi connectivity index (χ3v) is 5.36. The summed E-state index contributed by atoms with van der Waals surface area (Å²) in [7, 11) is 5.36. The number of methoxy groups -OCH3 is 1. The van der Waals surface area contributed by atoms with Crippen LogP contribution in [0, 0.1) is 17.0 Å². The van der Waals surface area contributed by atoms with Crippen LogP contribution in [0.1, 0.15) is 16.1 Å². The lowest BCUT2D eigenvalue weighted by Gasteiger charge is -2.20. The summed E-state index contributed by atoms with van der Waals surface area (Å²) in [5, 5.41) is 11.4. The van der Waals surface area contributed by atoms with Crippen molar-refractivity contribution in [3.8, 4) is 5.75 Å². The normalized spacial score (nSPS) is 11.2. The number of aromatic nitrogens is 1. The van der Waals surface area contributed by atoms with Gasteiger partial charge in [-0.05, 0) is 38.7 Å². The van der Waals surface area contributed by atoms with Gasteiger partial charge in [-0.1, -0.05) is 17.4 Å². The number of aryl methyl sites for hydroxylation is 1. The SMILES string of the molecule is COc1ccc(C)c2sc(N(CCN(C)C)C(=O)c3ccc([N+](=O)[O-])o3)nc12. The maximum absolute atomic E-state index is 13.0. The van der Waals surface area contributed by atoms with Crippen molar-refractivity contribution in [2.24, 2.45) is 0 Å². The van der Waals surface area contributed by atoms with Crippen molar-refractivity contribution >= 4 is 38.5 Å². The van der Waals surface area contributed by atoms with Gasteiger partial charge in [-0.15, -0.1) is 0 Å². The molecule has 0 fully saturated rings. The number of hydrogen-bond acceptors (Lipinski definition) is 8. The average molecular weight is 404 g/mol. The minimum Gasteiger partial charge on any atom is -0.494 e. The van der Waals surface area contributed by atoms with Gasteiger partial charge in [0.05, 0.1) is 17.9 Å². The van der Waals surface area contributed by atoms with Gasteiger partial charge >= 0.3 is 5.88 Å². The predicted octanol–water partition coefficient (Wildman–Crippen LogP) is 3.32. The summed E-state index contributed by atoms with van der Waals surface area (Å²) in [5.41, 5.74) is 1.70. The number of carbonyl (C=O) groups is 1. The number of benzene rings is 1. The summed E-state index contributed by atoms with van der Waals surface area (Å²) in [6.45, 7) is 2.90. The largest absolute Gasteiger partial charge is 0.494 e. The summed E-state index contributed by atoms with van der Waals surface area (Å²) < 4.78 is 11.4. The van der Waals surface area contributed by atoms with Gasteiger partial charge in [0.1, 0.15) is 16.2 Å². The van der Waals surface area contributed by atoms with Crippen molar-refractivity contribution in [2.75, 3.05) is 39.2 Å². The van der Waals surface area contributed by atoms with Crippen LogP contribution in [0.25, 0.3) is 10.2 Å². The molecule has 0 aliphatic rings. The van der Waals surface area contributed by atoms with E-state index in [0.29, 0.717) is 29.5 Å². The van der Waals surface area contributed by atoms with Crippen LogP contribution < -0.4 is 9.64 Å². The van der Waals surface area contributed by atoms with Gasteiger partial charge in [-0.3, -0.25) is 19.8 Å². The molecular formula is C18H20N4O5S. The molecule has 0 spiro atoms. The quantitative estimate of drug-likeness (QED) is 0.440. The van der Waals surface area contributed by atoms with Crippen LogP contribution in [0.5, 0.6) is 5.75 Å². The molecule has 0 N–H and O–H groups in total. The molecule has 0 radical (unpaired) electrons. The van der Waals surface area contributed by atoms with Crippen molar-refractivity contribution in [3.05, 3.63) is 45.7 Å². The first-order valence-electron chi connectivity index (χ1n) is 8.46. The zero-order valence-corrected chi connectivity index (χ0v) is 16.8. The fourth-order valence-corrected chi connectivity index (χ4v) is 3.71. The Morgan fingerprint density at radius 3 is 2.64 bits per heavy atom. The van der Waals surface area contributed by atoms with E-state index < -0.39 is 16.7 Å². The maximum atomic E-state index is 13.0. The van der Waals surface area contributed by atoms with Gasteiger partial charge in [-0.25, -0.2) is 4.98 Å². The molecule has 1 amide bonds. The van der Waals surface area contributed by atoms with E-state index in [4.69, 9.17) is 9.15 Å². The second kappa shape index (κ2) is 7.95. The molecule has 2 heterocycles. The number of rotatable bonds is 7. The van der Waals surface area contributed by atoms with Gasteiger partial charge in [0.2, 0.25) is 0 Å². The number of amides is 1. The number of fused-ring (bicyclic) bond motifs is 1. The number of nitrogens with zero attached hydrogens (tertiary/aromatic N) is 4. The highest BCUT2D eigenvalue weighted by Gasteiger charge is 2.27. The molecular weight excluding hydrogens is 384 g/mol. The van der Waals surface area contributed by atoms with E-state index in [1.807, 2.05) is 38.1 Å². The van der Waals surface area contributed by atoms with Crippen LogP contribution in [0.4, 0.5) is 11.0 Å². The van der Waals surface area contributed by atoms with E-state index in [2.05, 4.69) is 4.98 Å². The van der Waals surface area contributed by atoms with Crippen LogP contribution in [0.3, 0.4) is 0 Å². The van der Waals surface area contributed by atoms with Crippen LogP contribution >= 0.6 is 11.3 Å². The Morgan fingerprint density at radius 1 is 1.29 bits per heavy atom. The lowest BCUT2D eigenvalue weighted by Crippen LogP contribution is -2.36. The van der Waals surface area contributed by atoms with E-state index >= 15 is 0 Å². The fraction of sp³-hybridized carbons (Fsp3) is 0.333. The number of ether oxygens (including phenoxy) is 1. The van der Waals surface area contributed by atoms with E-state index in [0.717, 1.165) is 10.3 Å². The molecule has 0 aliphatic carbocycles. The lowest BCUT2D eigenvalue weighted by atomic mass is 10.2. The molecule has 0 saturated heterocycles. The molecule has 2 aromatic heterocycles. The van der Waals surface area contributed by atoms with Gasteiger partial charge in [0, 0.05) is 13.1 Å². The summed E-state index contributed by atoms with van der Waals surface area (Å²) in [6.07, 6.45) is 0. The molecule has 0 saturated carbocycles. The Kier molecular flexibility index (Phi) is 5.61. The molecule has 0 atom stereocenters. The summed E-state index contributed by atoms with van der Waals surface area (Å²) >= 11 is 1.37. The molecule has 0 bridgehead atoms. The Balaban J connectivity index is 2.04. The van der Waals surface area contributed by atoms with Crippen molar-refractivity contribution in [1.29, 1.82) is 0 Å². The standard InChI is InChI=1S/C18H20N4O5S/c1-11-5-6-12(26-4)15-16(11)28-18(19-15)21(10-9-20(2)3)17(23)13-7-8-14(27-13)22(24)25/h5-8H,9-10H2,1-4H3. The first kappa shape index (κ1) is 19.8. The van der Waals surface area contributed by atoms with Crippen LogP contribution in [-0.2, 0) is 0 Å². The second-order valence-corrected chi connectivity index (χ2v) is 7.39. The number of anilines is 1. The van der Waals surface area contributed by atoms with Gasteiger partial charge < -0.3 is 14.1 Å². The predicted molar refractivity (Wildman–Crippen MR) is 107 cm³/mol. The summed E-state index contributed by atoms with van der Waals surface area (Å²) in [5.74, 6) is -0.437. The first-order chi connectivity index (χ1) is 13.3. The average Bonchev–Trinajstić information content (AvgIpc) is 3.30. The molecule has 3 aromatic rings. The molecule has 10 heteroatoms. The van der Waals surface area contributed by atoms with Crippen LogP contribution in [-0.4, -0.2) is 55.0 Å². The fourth-order valence-electron chi connectivity index (χ4n) is 2.64. The molecule has 148 valence electrons. The first-order valence-corrected chi connectivity index (χ1v) is 9.28. The van der Waals surface area contributed by atoms with Gasteiger partial charge in [0.25, 0.3) is 5.91 Å². The van der Waals surface area contributed by atoms with E-state index in [1.54, 1.807) is 7.11 Å². The van der Waals surface area contributed by atoms with Crippen molar-refractivity contribution in [3.63, 3.8) is 0 Å². The second-order valence-electron chi connectivity index (χ2n) is 6.41. The number of thiazole rings is 1. The van der Waals surface area contributed by atoms with Crippen molar-refractivity contribution < 1.29 is 18.9 Å². The van der Waals surface area contributed by atoms with Gasteiger partial charge in [-0.2, -0.15) is 0 Å². The zero-order valence-electron chi connectivity index (χ0n) is 16.0. The number of likely N-dealkylation sites (N-methyl/N-ethyl adjacent to an activating group) is 1. The molecule has 1 aromatic carbocycles. The highest BCUT2D eigenvalue weighted by atomic mass is 32.1.